The van der Waals surface area contributed by atoms with Crippen molar-refractivity contribution in [1.29, 1.82) is 0 Å². The molecule has 134 valence electrons. The Kier molecular flexibility index (Phi) is 6.65. The van der Waals surface area contributed by atoms with Crippen LogP contribution in [-0.4, -0.2) is 33.1 Å². The largest absolute Gasteiger partial charge is 0.352 e. The van der Waals surface area contributed by atoms with Gasteiger partial charge in [0.15, 0.2) is 0 Å². The summed E-state index contributed by atoms with van der Waals surface area (Å²) in [4.78, 5) is 26.5. The highest BCUT2D eigenvalue weighted by Crippen LogP contribution is 2.33. The Labute approximate surface area is 163 Å². The van der Waals surface area contributed by atoms with Gasteiger partial charge in [0.2, 0.25) is 5.91 Å². The first-order chi connectivity index (χ1) is 11.7. The SMILES string of the molecule is CC(C)(C)NC(=O)CCCN1C(=O)C(=Cc2ccccc2Cl)SC1=S. The number of hydrogen-bond acceptors (Lipinski definition) is 4. The molecule has 0 bridgehead atoms. The van der Waals surface area contributed by atoms with Gasteiger partial charge in [-0.15, -0.1) is 0 Å². The summed E-state index contributed by atoms with van der Waals surface area (Å²) >= 11 is 12.7. The number of thiocarbonyl (C=S) groups is 1. The minimum absolute atomic E-state index is 0.0236. The van der Waals surface area contributed by atoms with E-state index >= 15 is 0 Å². The van der Waals surface area contributed by atoms with Gasteiger partial charge in [0, 0.05) is 23.5 Å². The Balaban J connectivity index is 1.95. The number of nitrogens with one attached hydrogen (secondary N) is 1. The van der Waals surface area contributed by atoms with Crippen molar-refractivity contribution >= 4 is 57.8 Å². The van der Waals surface area contributed by atoms with Crippen molar-refractivity contribution in [2.75, 3.05) is 6.54 Å². The molecular weight excluding hydrogens is 376 g/mol. The summed E-state index contributed by atoms with van der Waals surface area (Å²) in [6.45, 7) is 6.24. The third-order valence-corrected chi connectivity index (χ3v) is 5.09. The van der Waals surface area contributed by atoms with Crippen molar-refractivity contribution in [3.05, 3.63) is 39.8 Å². The molecule has 0 aromatic heterocycles. The van der Waals surface area contributed by atoms with Gasteiger partial charge in [-0.3, -0.25) is 14.5 Å². The zero-order chi connectivity index (χ0) is 18.6. The Morgan fingerprint density at radius 3 is 2.68 bits per heavy atom. The minimum Gasteiger partial charge on any atom is -0.352 e. The van der Waals surface area contributed by atoms with Crippen molar-refractivity contribution in [3.63, 3.8) is 0 Å². The first kappa shape index (κ1) is 19.9. The van der Waals surface area contributed by atoms with Gasteiger partial charge in [0.05, 0.1) is 4.91 Å². The smallest absolute Gasteiger partial charge is 0.266 e. The molecule has 1 aromatic carbocycles. The van der Waals surface area contributed by atoms with E-state index in [4.69, 9.17) is 23.8 Å². The Morgan fingerprint density at radius 1 is 1.36 bits per heavy atom. The summed E-state index contributed by atoms with van der Waals surface area (Å²) in [5.74, 6) is -0.157. The van der Waals surface area contributed by atoms with Gasteiger partial charge in [-0.05, 0) is 44.9 Å². The molecule has 1 N–H and O–H groups in total. The van der Waals surface area contributed by atoms with Gasteiger partial charge in [-0.1, -0.05) is 53.8 Å². The number of hydrogen-bond donors (Lipinski definition) is 1. The highest BCUT2D eigenvalue weighted by molar-refractivity contribution is 8.26. The maximum atomic E-state index is 12.5. The van der Waals surface area contributed by atoms with Crippen LogP contribution in [0.1, 0.15) is 39.2 Å². The van der Waals surface area contributed by atoms with Crippen LogP contribution in [0.4, 0.5) is 0 Å². The molecule has 7 heteroatoms. The summed E-state index contributed by atoms with van der Waals surface area (Å²) in [6, 6.07) is 7.34. The molecule has 4 nitrogen and oxygen atoms in total. The lowest BCUT2D eigenvalue weighted by Gasteiger charge is -2.21. The van der Waals surface area contributed by atoms with Crippen molar-refractivity contribution in [3.8, 4) is 0 Å². The van der Waals surface area contributed by atoms with Gasteiger partial charge >= 0.3 is 0 Å². The standard InChI is InChI=1S/C18H21ClN2O2S2/c1-18(2,3)20-15(22)9-6-10-21-16(23)14(25-17(21)24)11-12-7-4-5-8-13(12)19/h4-5,7-8,11H,6,9-10H2,1-3H3,(H,20,22). The van der Waals surface area contributed by atoms with Crippen molar-refractivity contribution < 1.29 is 9.59 Å². The summed E-state index contributed by atoms with van der Waals surface area (Å²) in [7, 11) is 0. The van der Waals surface area contributed by atoms with E-state index in [-0.39, 0.29) is 17.4 Å². The lowest BCUT2D eigenvalue weighted by Crippen LogP contribution is -2.40. The second kappa shape index (κ2) is 8.34. The Morgan fingerprint density at radius 2 is 2.04 bits per heavy atom. The van der Waals surface area contributed by atoms with Gasteiger partial charge in [-0.25, -0.2) is 0 Å². The van der Waals surface area contributed by atoms with Crippen LogP contribution in [0.3, 0.4) is 0 Å². The van der Waals surface area contributed by atoms with Gasteiger partial charge in [0.25, 0.3) is 5.91 Å². The normalized spacial score (nSPS) is 16.6. The van der Waals surface area contributed by atoms with Crippen LogP contribution >= 0.6 is 35.6 Å². The quantitative estimate of drug-likeness (QED) is 0.597. The van der Waals surface area contributed by atoms with Crippen molar-refractivity contribution in [2.45, 2.75) is 39.2 Å². The number of nitrogens with zero attached hydrogens (tertiary/aromatic N) is 1. The van der Waals surface area contributed by atoms with Crippen molar-refractivity contribution in [1.82, 2.24) is 10.2 Å². The van der Waals surface area contributed by atoms with E-state index in [1.807, 2.05) is 39.0 Å². The fraction of sp³-hybridized carbons (Fsp3) is 0.389. The molecule has 2 amide bonds. The third kappa shape index (κ3) is 5.83. The number of rotatable bonds is 5. The number of halogens is 1. The number of thioether (sulfide) groups is 1. The molecule has 0 radical (unpaired) electrons. The summed E-state index contributed by atoms with van der Waals surface area (Å²) in [5.41, 5.74) is 0.533. The molecular formula is C18H21ClN2O2S2. The molecule has 0 saturated carbocycles. The maximum Gasteiger partial charge on any atom is 0.266 e. The molecule has 0 unspecified atom stereocenters. The Hall–Kier alpha value is -1.37. The second-order valence-corrected chi connectivity index (χ2v) is 8.84. The van der Waals surface area contributed by atoms with E-state index in [9.17, 15) is 9.59 Å². The van der Waals surface area contributed by atoms with E-state index in [0.717, 1.165) is 5.56 Å². The maximum absolute atomic E-state index is 12.5. The third-order valence-electron chi connectivity index (χ3n) is 3.37. The van der Waals surface area contributed by atoms with Crippen LogP contribution in [0.5, 0.6) is 0 Å². The van der Waals surface area contributed by atoms with Crippen LogP contribution in [0.15, 0.2) is 29.2 Å². The predicted octanol–water partition coefficient (Wildman–Crippen LogP) is 4.24. The molecule has 1 aliphatic rings. The molecule has 0 spiro atoms. The first-order valence-electron chi connectivity index (χ1n) is 7.98. The van der Waals surface area contributed by atoms with Gasteiger partial charge < -0.3 is 5.32 Å². The average Bonchev–Trinajstić information content (AvgIpc) is 2.75. The lowest BCUT2D eigenvalue weighted by atomic mass is 10.1. The minimum atomic E-state index is -0.253. The van der Waals surface area contributed by atoms with Crippen LogP contribution < -0.4 is 5.32 Å². The highest BCUT2D eigenvalue weighted by atomic mass is 35.5. The molecule has 0 aliphatic carbocycles. The molecule has 1 fully saturated rings. The van der Waals surface area contributed by atoms with Crippen molar-refractivity contribution in [2.24, 2.45) is 0 Å². The van der Waals surface area contributed by atoms with E-state index in [1.165, 1.54) is 11.8 Å². The fourth-order valence-electron chi connectivity index (χ4n) is 2.30. The number of carbonyl (C=O) groups is 2. The van der Waals surface area contributed by atoms with Crippen LogP contribution in [-0.2, 0) is 9.59 Å². The fourth-order valence-corrected chi connectivity index (χ4v) is 3.79. The molecule has 1 aliphatic heterocycles. The van der Waals surface area contributed by atoms with Crippen LogP contribution in [0.25, 0.3) is 6.08 Å². The topological polar surface area (TPSA) is 49.4 Å². The van der Waals surface area contributed by atoms with Crippen LogP contribution in [0.2, 0.25) is 5.02 Å². The molecule has 25 heavy (non-hydrogen) atoms. The molecule has 1 aromatic rings. The number of carbonyl (C=O) groups excluding carboxylic acids is 2. The predicted molar refractivity (Wildman–Crippen MR) is 108 cm³/mol. The van der Waals surface area contributed by atoms with E-state index in [0.29, 0.717) is 33.6 Å². The molecule has 0 atom stereocenters. The van der Waals surface area contributed by atoms with Gasteiger partial charge in [0.1, 0.15) is 4.32 Å². The molecule has 1 heterocycles. The molecule has 2 rings (SSSR count). The molecule has 1 saturated heterocycles. The summed E-state index contributed by atoms with van der Waals surface area (Å²) < 4.78 is 0.513. The number of amides is 2. The van der Waals surface area contributed by atoms with Crippen LogP contribution in [0, 0.1) is 0 Å². The highest BCUT2D eigenvalue weighted by Gasteiger charge is 2.31. The summed E-state index contributed by atoms with van der Waals surface area (Å²) in [6.07, 6.45) is 2.68. The number of benzene rings is 1. The van der Waals surface area contributed by atoms with Gasteiger partial charge in [-0.2, -0.15) is 0 Å². The zero-order valence-electron chi connectivity index (χ0n) is 14.5. The monoisotopic (exact) mass is 396 g/mol. The zero-order valence-corrected chi connectivity index (χ0v) is 16.9. The second-order valence-electron chi connectivity index (χ2n) is 6.76. The summed E-state index contributed by atoms with van der Waals surface area (Å²) in [5, 5.41) is 3.50. The average molecular weight is 397 g/mol. The van der Waals surface area contributed by atoms with E-state index in [2.05, 4.69) is 5.32 Å². The Bertz CT molecular complexity index is 726. The lowest BCUT2D eigenvalue weighted by molar-refractivity contribution is -0.124. The first-order valence-corrected chi connectivity index (χ1v) is 9.58. The van der Waals surface area contributed by atoms with E-state index in [1.54, 1.807) is 17.0 Å². The van der Waals surface area contributed by atoms with E-state index < -0.39 is 0 Å².